The van der Waals surface area contributed by atoms with Gasteiger partial charge >= 0.3 is 0 Å². The minimum Gasteiger partial charge on any atom is -0.501 e. The summed E-state index contributed by atoms with van der Waals surface area (Å²) >= 11 is 0. The smallest absolute Gasteiger partial charge is 0.202 e. The van der Waals surface area contributed by atoms with Crippen molar-refractivity contribution in [2.45, 2.75) is 105 Å². The van der Waals surface area contributed by atoms with E-state index in [1.54, 1.807) is 22.0 Å². The molecule has 4 rings (SSSR count). The van der Waals surface area contributed by atoms with Crippen LogP contribution in [0.4, 0.5) is 0 Å². The molecule has 0 spiro atoms. The molecule has 246 valence electrons. The highest BCUT2D eigenvalue weighted by Gasteiger charge is 2.28. The van der Waals surface area contributed by atoms with Crippen LogP contribution >= 0.6 is 0 Å². The Balaban J connectivity index is 0.000000281. The first-order valence-corrected chi connectivity index (χ1v) is 17.5. The Morgan fingerprint density at radius 3 is 1.93 bits per heavy atom. The van der Waals surface area contributed by atoms with Gasteiger partial charge in [0.05, 0.1) is 53.5 Å². The largest absolute Gasteiger partial charge is 0.501 e. The van der Waals surface area contributed by atoms with Crippen LogP contribution in [-0.4, -0.2) is 118 Å². The van der Waals surface area contributed by atoms with Crippen molar-refractivity contribution < 1.29 is 23.2 Å². The molecule has 0 aromatic heterocycles. The molecule has 2 fully saturated rings. The van der Waals surface area contributed by atoms with Crippen LogP contribution in [-0.2, 0) is 9.57 Å². The molecule has 0 radical (unpaired) electrons. The predicted octanol–water partition coefficient (Wildman–Crippen LogP) is 7.35. The Kier molecular flexibility index (Phi) is 20.4. The molecule has 0 aromatic rings. The standard InChI is InChI=1S/C10H22NO.C10H19N.C8H18N.C7H12N2O/c1-3-5-11(6-4-2)7-9-12-10-8-11;1-4-9-6-7-11(3)8-10(9)5-2;1-9(2)7-5-3-4-6-8-9;1-3-4-5-9-6-7(2)10-8-9/h3-10H2,1-2H3;4-8H2,1-3H3;3-8H2,1-2H3;6H,2-5H2,1H3/q+1;;+1;. The molecule has 4 heterocycles. The molecule has 0 aliphatic carbocycles. The summed E-state index contributed by atoms with van der Waals surface area (Å²) in [5, 5.41) is 0. The quantitative estimate of drug-likeness (QED) is 0.159. The number of allylic oxidation sites excluding steroid dienone is 1. The fourth-order valence-electron chi connectivity index (χ4n) is 6.33. The van der Waals surface area contributed by atoms with Crippen LogP contribution in [0.15, 0.2) is 23.5 Å². The van der Waals surface area contributed by atoms with E-state index in [1.807, 2.05) is 0 Å². The predicted molar refractivity (Wildman–Crippen MR) is 181 cm³/mol. The van der Waals surface area contributed by atoms with Crippen molar-refractivity contribution in [3.63, 3.8) is 0 Å². The Hall–Kier alpha value is -1.41. The number of morpholine rings is 1. The number of quaternary nitrogens is 2. The lowest BCUT2D eigenvalue weighted by Gasteiger charge is -2.41. The number of likely N-dealkylation sites (N-methyl/N-ethyl adjacent to an activating group) is 1. The lowest BCUT2D eigenvalue weighted by Crippen LogP contribution is -2.55. The monoisotopic (exact) mass is 594 g/mol. The molecule has 0 bridgehead atoms. The van der Waals surface area contributed by atoms with Gasteiger partial charge < -0.3 is 23.4 Å². The SMILES string of the molecule is C=C1C=[N+](CCCC)[N-]O1.CCC1=C(CC)CN(C)CC1.CCC[N+]1(CCC)CCOCC1.C[N+]1(C)CCCCCC1. The van der Waals surface area contributed by atoms with Crippen molar-refractivity contribution in [3.8, 4) is 0 Å². The van der Waals surface area contributed by atoms with Crippen molar-refractivity contribution in [3.05, 3.63) is 29.1 Å². The zero-order valence-corrected chi connectivity index (χ0v) is 29.4. The van der Waals surface area contributed by atoms with Crippen LogP contribution in [0.25, 0.3) is 5.59 Å². The van der Waals surface area contributed by atoms with E-state index in [0.29, 0.717) is 5.76 Å². The van der Waals surface area contributed by atoms with Gasteiger partial charge in [0.1, 0.15) is 19.6 Å². The summed E-state index contributed by atoms with van der Waals surface area (Å²) < 4.78 is 9.73. The first-order valence-electron chi connectivity index (χ1n) is 17.5. The molecule has 4 aliphatic heterocycles. The second-order valence-corrected chi connectivity index (χ2v) is 13.3. The lowest BCUT2D eigenvalue weighted by molar-refractivity contribution is -0.935. The minimum atomic E-state index is 0.621. The van der Waals surface area contributed by atoms with Gasteiger partial charge in [-0.3, -0.25) is 5.59 Å². The molecule has 0 atom stereocenters. The maximum atomic E-state index is 5.40. The molecular weight excluding hydrogens is 522 g/mol. The molecule has 0 N–H and O–H groups in total. The number of rotatable bonds is 9. The average Bonchev–Trinajstić information content (AvgIpc) is 3.29. The van der Waals surface area contributed by atoms with Gasteiger partial charge in [0.15, 0.2) is 5.76 Å². The zero-order valence-electron chi connectivity index (χ0n) is 29.4. The molecular formula is C35H71N5O2+2. The van der Waals surface area contributed by atoms with E-state index in [-0.39, 0.29) is 0 Å². The molecule has 0 unspecified atom stereocenters. The molecule has 7 heteroatoms. The molecule has 0 aromatic carbocycles. The maximum absolute atomic E-state index is 5.40. The highest BCUT2D eigenvalue weighted by molar-refractivity contribution is 5.71. The normalized spacial score (nSPS) is 21.6. The molecule has 4 aliphatic rings. The van der Waals surface area contributed by atoms with Crippen LogP contribution in [0.1, 0.15) is 105 Å². The van der Waals surface area contributed by atoms with Crippen molar-refractivity contribution in [1.82, 2.24) is 4.90 Å². The van der Waals surface area contributed by atoms with Crippen LogP contribution in [0.5, 0.6) is 0 Å². The summed E-state index contributed by atoms with van der Waals surface area (Å²) in [5.41, 5.74) is 7.13. The molecule has 2 saturated heterocycles. The molecule has 0 saturated carbocycles. The summed E-state index contributed by atoms with van der Waals surface area (Å²) in [5.74, 6) is 0.621. The van der Waals surface area contributed by atoms with E-state index in [0.717, 1.165) is 26.2 Å². The van der Waals surface area contributed by atoms with Crippen molar-refractivity contribution in [1.29, 1.82) is 0 Å². The number of nitrogens with zero attached hydrogens (tertiary/aromatic N) is 5. The summed E-state index contributed by atoms with van der Waals surface area (Å²) in [6.45, 7) is 28.1. The second kappa shape index (κ2) is 22.2. The van der Waals surface area contributed by atoms with Gasteiger partial charge in [-0.05, 0) is 64.8 Å². The van der Waals surface area contributed by atoms with Gasteiger partial charge in [-0.15, -0.1) is 0 Å². The van der Waals surface area contributed by atoms with Crippen molar-refractivity contribution >= 4 is 6.21 Å². The van der Waals surface area contributed by atoms with Gasteiger partial charge in [0, 0.05) is 19.5 Å². The summed E-state index contributed by atoms with van der Waals surface area (Å²) in [7, 11) is 6.89. The Morgan fingerprint density at radius 2 is 1.45 bits per heavy atom. The minimum absolute atomic E-state index is 0.621. The fourth-order valence-corrected chi connectivity index (χ4v) is 6.33. The summed E-state index contributed by atoms with van der Waals surface area (Å²) in [6, 6.07) is 0. The Morgan fingerprint density at radius 1 is 0.857 bits per heavy atom. The van der Waals surface area contributed by atoms with E-state index in [9.17, 15) is 0 Å². The van der Waals surface area contributed by atoms with Crippen LogP contribution in [0.2, 0.25) is 0 Å². The fraction of sp³-hybridized carbons (Fsp3) is 0.857. The van der Waals surface area contributed by atoms with Gasteiger partial charge in [-0.2, -0.15) is 0 Å². The van der Waals surface area contributed by atoms with E-state index >= 15 is 0 Å². The average molecular weight is 594 g/mol. The van der Waals surface area contributed by atoms with Gasteiger partial charge in [0.2, 0.25) is 6.21 Å². The van der Waals surface area contributed by atoms with Crippen LogP contribution < -0.4 is 0 Å². The first kappa shape index (κ1) is 38.6. The van der Waals surface area contributed by atoms with Crippen LogP contribution in [0, 0.1) is 0 Å². The third-order valence-corrected chi connectivity index (χ3v) is 9.00. The second-order valence-electron chi connectivity index (χ2n) is 13.3. The summed E-state index contributed by atoms with van der Waals surface area (Å²) in [4.78, 5) is 7.18. The topological polar surface area (TPSA) is 38.8 Å². The highest BCUT2D eigenvalue weighted by atomic mass is 16.7. The third-order valence-electron chi connectivity index (χ3n) is 9.00. The van der Waals surface area contributed by atoms with Gasteiger partial charge in [0.25, 0.3) is 0 Å². The van der Waals surface area contributed by atoms with Crippen molar-refractivity contribution in [2.24, 2.45) is 0 Å². The molecule has 42 heavy (non-hydrogen) atoms. The lowest BCUT2D eigenvalue weighted by atomic mass is 9.96. The number of likely N-dealkylation sites (tertiary alicyclic amines) is 1. The first-order chi connectivity index (χ1) is 20.1. The Labute approximate surface area is 261 Å². The zero-order chi connectivity index (χ0) is 31.3. The number of ether oxygens (including phenoxy) is 1. The van der Waals surface area contributed by atoms with E-state index in [1.165, 1.54) is 126 Å². The molecule has 0 amide bonds. The van der Waals surface area contributed by atoms with E-state index in [4.69, 9.17) is 9.57 Å². The van der Waals surface area contributed by atoms with Crippen molar-refractivity contribution in [2.75, 3.05) is 93.3 Å². The maximum Gasteiger partial charge on any atom is 0.202 e. The van der Waals surface area contributed by atoms with Crippen LogP contribution in [0.3, 0.4) is 0 Å². The Bertz CT molecular complexity index is 761. The number of hydrogen-bond acceptors (Lipinski definition) is 3. The molecule has 7 nitrogen and oxygen atoms in total. The van der Waals surface area contributed by atoms with Gasteiger partial charge in [-0.25, -0.2) is 4.68 Å². The van der Waals surface area contributed by atoms with E-state index < -0.39 is 0 Å². The van der Waals surface area contributed by atoms with Gasteiger partial charge in [-0.1, -0.05) is 58.8 Å². The van der Waals surface area contributed by atoms with E-state index in [2.05, 4.69) is 72.8 Å². The number of unbranched alkanes of at least 4 members (excludes halogenated alkanes) is 1. The summed E-state index contributed by atoms with van der Waals surface area (Å²) in [6.07, 6.45) is 16.3. The number of hydrogen-bond donors (Lipinski definition) is 0. The third kappa shape index (κ3) is 16.4. The highest BCUT2D eigenvalue weighted by Crippen LogP contribution is 2.21.